The maximum absolute atomic E-state index is 8.48. The van der Waals surface area contributed by atoms with Crippen molar-refractivity contribution in [3.63, 3.8) is 0 Å². The first-order valence-corrected chi connectivity index (χ1v) is 6.86. The van der Waals surface area contributed by atoms with Crippen molar-refractivity contribution in [1.29, 1.82) is 5.41 Å². The highest BCUT2D eigenvalue weighted by molar-refractivity contribution is 6.08. The lowest BCUT2D eigenvalue weighted by Crippen LogP contribution is -2.31. The zero-order valence-electron chi connectivity index (χ0n) is 11.0. The number of para-hydroxylation sites is 1. The molecule has 0 saturated heterocycles. The lowest BCUT2D eigenvalue weighted by molar-refractivity contribution is 0.765. The number of aryl methyl sites for hydroxylation is 1. The average molecular weight is 250 g/mol. The van der Waals surface area contributed by atoms with Crippen LogP contribution in [0.2, 0.25) is 0 Å². The van der Waals surface area contributed by atoms with Crippen LogP contribution in [0.5, 0.6) is 0 Å². The molecular weight excluding hydrogens is 232 g/mol. The molecule has 0 bridgehead atoms. The van der Waals surface area contributed by atoms with E-state index in [1.54, 1.807) is 0 Å². The van der Waals surface area contributed by atoms with Gasteiger partial charge in [-0.1, -0.05) is 48.5 Å². The lowest BCUT2D eigenvalue weighted by Gasteiger charge is -2.25. The summed E-state index contributed by atoms with van der Waals surface area (Å²) in [6.45, 7) is 0.935. The third-order valence-electron chi connectivity index (χ3n) is 3.68. The number of nitrogens with zero attached hydrogens (tertiary/aromatic N) is 1. The summed E-state index contributed by atoms with van der Waals surface area (Å²) in [4.78, 5) is 2.15. The Kier molecular flexibility index (Phi) is 3.32. The van der Waals surface area contributed by atoms with E-state index in [9.17, 15) is 0 Å². The molecule has 0 saturated carbocycles. The van der Waals surface area contributed by atoms with Crippen LogP contribution in [0.25, 0.3) is 0 Å². The quantitative estimate of drug-likeness (QED) is 0.604. The van der Waals surface area contributed by atoms with E-state index in [2.05, 4.69) is 29.2 Å². The van der Waals surface area contributed by atoms with Crippen LogP contribution in [-0.4, -0.2) is 12.4 Å². The molecule has 0 amide bonds. The van der Waals surface area contributed by atoms with Gasteiger partial charge < -0.3 is 4.90 Å². The van der Waals surface area contributed by atoms with Gasteiger partial charge in [-0.15, -0.1) is 0 Å². The van der Waals surface area contributed by atoms with E-state index in [-0.39, 0.29) is 0 Å². The molecule has 0 unspecified atom stereocenters. The van der Waals surface area contributed by atoms with Crippen LogP contribution in [-0.2, 0) is 6.42 Å². The van der Waals surface area contributed by atoms with Crippen LogP contribution in [0.4, 0.5) is 5.69 Å². The van der Waals surface area contributed by atoms with Crippen LogP contribution in [0.15, 0.2) is 54.6 Å². The maximum Gasteiger partial charge on any atom is 0.132 e. The lowest BCUT2D eigenvalue weighted by atomic mass is 10.1. The molecule has 2 nitrogen and oxygen atoms in total. The number of rotatable bonds is 1. The van der Waals surface area contributed by atoms with Gasteiger partial charge in [-0.25, -0.2) is 0 Å². The van der Waals surface area contributed by atoms with Gasteiger partial charge in [-0.05, 0) is 30.9 Å². The number of amidine groups is 1. The van der Waals surface area contributed by atoms with Crippen molar-refractivity contribution in [2.75, 3.05) is 11.4 Å². The molecule has 2 aromatic rings. The summed E-state index contributed by atoms with van der Waals surface area (Å²) in [5.41, 5.74) is 3.55. The molecule has 2 aromatic carbocycles. The van der Waals surface area contributed by atoms with Crippen LogP contribution in [0.1, 0.15) is 24.0 Å². The normalized spacial score (nSPS) is 14.6. The van der Waals surface area contributed by atoms with Gasteiger partial charge in [0.15, 0.2) is 0 Å². The summed E-state index contributed by atoms with van der Waals surface area (Å²) in [6.07, 6.45) is 3.47. The Balaban J connectivity index is 1.99. The average Bonchev–Trinajstić information content (AvgIpc) is 2.70. The standard InChI is InChI=1S/C17H18N2/c18-17(15-10-2-1-3-11-15)19-13-7-6-9-14-8-4-5-12-16(14)19/h1-5,8,10-12,18H,6-7,9,13H2. The van der Waals surface area contributed by atoms with Crippen LogP contribution in [0.3, 0.4) is 0 Å². The van der Waals surface area contributed by atoms with Gasteiger partial charge in [0.05, 0.1) is 0 Å². The van der Waals surface area contributed by atoms with Crippen molar-refractivity contribution in [1.82, 2.24) is 0 Å². The summed E-state index contributed by atoms with van der Waals surface area (Å²) < 4.78 is 0. The molecule has 2 heteroatoms. The predicted molar refractivity (Wildman–Crippen MR) is 80.0 cm³/mol. The Morgan fingerprint density at radius 2 is 1.63 bits per heavy atom. The molecule has 0 aliphatic carbocycles. The second-order valence-corrected chi connectivity index (χ2v) is 4.95. The third-order valence-corrected chi connectivity index (χ3v) is 3.68. The van der Waals surface area contributed by atoms with E-state index >= 15 is 0 Å². The highest BCUT2D eigenvalue weighted by atomic mass is 15.2. The zero-order valence-corrected chi connectivity index (χ0v) is 11.0. The van der Waals surface area contributed by atoms with Gasteiger partial charge in [-0.2, -0.15) is 0 Å². The highest BCUT2D eigenvalue weighted by Crippen LogP contribution is 2.27. The number of nitrogens with one attached hydrogen (secondary N) is 1. The van der Waals surface area contributed by atoms with Crippen molar-refractivity contribution >= 4 is 11.5 Å². The predicted octanol–water partition coefficient (Wildman–Crippen LogP) is 3.85. The maximum atomic E-state index is 8.48. The molecular formula is C17H18N2. The minimum Gasteiger partial charge on any atom is -0.326 e. The Morgan fingerprint density at radius 1 is 0.895 bits per heavy atom. The fraction of sp³-hybridized carbons (Fsp3) is 0.235. The molecule has 19 heavy (non-hydrogen) atoms. The fourth-order valence-electron chi connectivity index (χ4n) is 2.68. The summed E-state index contributed by atoms with van der Waals surface area (Å²) in [5, 5.41) is 8.48. The smallest absolute Gasteiger partial charge is 0.132 e. The van der Waals surface area contributed by atoms with Gasteiger partial charge in [0, 0.05) is 17.8 Å². The van der Waals surface area contributed by atoms with Crippen molar-refractivity contribution in [2.24, 2.45) is 0 Å². The minimum atomic E-state index is 0.606. The molecule has 96 valence electrons. The number of hydrogen-bond donors (Lipinski definition) is 1. The van der Waals surface area contributed by atoms with Crippen LogP contribution >= 0.6 is 0 Å². The van der Waals surface area contributed by atoms with E-state index in [4.69, 9.17) is 5.41 Å². The number of fused-ring (bicyclic) bond motifs is 1. The molecule has 3 rings (SSSR count). The van der Waals surface area contributed by atoms with Gasteiger partial charge in [0.2, 0.25) is 0 Å². The van der Waals surface area contributed by atoms with Crippen molar-refractivity contribution in [3.05, 3.63) is 65.7 Å². The summed E-state index contributed by atoms with van der Waals surface area (Å²) >= 11 is 0. The third kappa shape index (κ3) is 2.39. The second-order valence-electron chi connectivity index (χ2n) is 4.95. The molecule has 1 aliphatic rings. The topological polar surface area (TPSA) is 27.1 Å². The van der Waals surface area contributed by atoms with Gasteiger partial charge >= 0.3 is 0 Å². The molecule has 0 radical (unpaired) electrons. The van der Waals surface area contributed by atoms with E-state index in [1.807, 2.05) is 30.3 Å². The Morgan fingerprint density at radius 3 is 2.47 bits per heavy atom. The zero-order chi connectivity index (χ0) is 13.1. The summed E-state index contributed by atoms with van der Waals surface area (Å²) in [6, 6.07) is 18.5. The first-order chi connectivity index (χ1) is 9.36. The van der Waals surface area contributed by atoms with E-state index in [0.29, 0.717) is 5.84 Å². The molecule has 0 atom stereocenters. The number of hydrogen-bond acceptors (Lipinski definition) is 1. The van der Waals surface area contributed by atoms with Gasteiger partial charge in [0.25, 0.3) is 0 Å². The minimum absolute atomic E-state index is 0.606. The van der Waals surface area contributed by atoms with Crippen LogP contribution in [0, 0.1) is 5.41 Å². The van der Waals surface area contributed by atoms with E-state index < -0.39 is 0 Å². The van der Waals surface area contributed by atoms with Crippen molar-refractivity contribution in [3.8, 4) is 0 Å². The Labute approximate surface area is 114 Å². The van der Waals surface area contributed by atoms with E-state index in [1.165, 1.54) is 17.7 Å². The second kappa shape index (κ2) is 5.27. The Hall–Kier alpha value is -2.09. The monoisotopic (exact) mass is 250 g/mol. The highest BCUT2D eigenvalue weighted by Gasteiger charge is 2.18. The molecule has 1 N–H and O–H groups in total. The molecule has 0 fully saturated rings. The molecule has 0 spiro atoms. The van der Waals surface area contributed by atoms with Crippen molar-refractivity contribution < 1.29 is 0 Å². The molecule has 1 heterocycles. The molecule has 1 aliphatic heterocycles. The Bertz CT molecular complexity index is 575. The fourth-order valence-corrected chi connectivity index (χ4v) is 2.68. The molecule has 0 aromatic heterocycles. The van der Waals surface area contributed by atoms with E-state index in [0.717, 1.165) is 24.9 Å². The number of anilines is 1. The van der Waals surface area contributed by atoms with Gasteiger partial charge in [0.1, 0.15) is 5.84 Å². The largest absolute Gasteiger partial charge is 0.326 e. The van der Waals surface area contributed by atoms with Crippen molar-refractivity contribution in [2.45, 2.75) is 19.3 Å². The first kappa shape index (κ1) is 12.0. The summed E-state index contributed by atoms with van der Waals surface area (Å²) in [5.74, 6) is 0.606. The van der Waals surface area contributed by atoms with Gasteiger partial charge in [-0.3, -0.25) is 5.41 Å². The first-order valence-electron chi connectivity index (χ1n) is 6.86. The van der Waals surface area contributed by atoms with Crippen LogP contribution < -0.4 is 4.90 Å². The number of benzene rings is 2. The SMILES string of the molecule is N=C(c1ccccc1)N1CCCCc2ccccc21. The summed E-state index contributed by atoms with van der Waals surface area (Å²) in [7, 11) is 0.